The van der Waals surface area contributed by atoms with Gasteiger partial charge in [0.1, 0.15) is 6.04 Å². The molecule has 0 saturated carbocycles. The Morgan fingerprint density at radius 3 is 2.59 bits per heavy atom. The van der Waals surface area contributed by atoms with Crippen molar-refractivity contribution < 1.29 is 18.3 Å². The number of carboxylic acids is 1. The van der Waals surface area contributed by atoms with Crippen LogP contribution in [-0.2, 0) is 14.8 Å². The molecule has 1 saturated heterocycles. The van der Waals surface area contributed by atoms with Gasteiger partial charge in [-0.3, -0.25) is 4.79 Å². The molecule has 0 aliphatic carbocycles. The molecular formula is C15H16N2O4S. The van der Waals surface area contributed by atoms with Crippen molar-refractivity contribution in [3.8, 4) is 0 Å². The molecule has 116 valence electrons. The zero-order chi connectivity index (χ0) is 16.1. The van der Waals surface area contributed by atoms with Crippen LogP contribution in [0.2, 0.25) is 0 Å². The van der Waals surface area contributed by atoms with E-state index in [0.29, 0.717) is 5.39 Å². The van der Waals surface area contributed by atoms with Crippen molar-refractivity contribution >= 4 is 32.5 Å². The molecule has 1 aliphatic rings. The molecule has 1 fully saturated rings. The fraction of sp³-hybridized carbons (Fsp3) is 0.267. The number of aliphatic carboxylic acids is 1. The van der Waals surface area contributed by atoms with Crippen molar-refractivity contribution in [3.05, 3.63) is 36.4 Å². The summed E-state index contributed by atoms with van der Waals surface area (Å²) in [4.78, 5) is 13.0. The van der Waals surface area contributed by atoms with Gasteiger partial charge in [0, 0.05) is 31.7 Å². The number of hydrogen-bond acceptors (Lipinski definition) is 4. The number of benzene rings is 2. The Morgan fingerprint density at radius 2 is 2.00 bits per heavy atom. The predicted octanol–water partition coefficient (Wildman–Crippen LogP) is 1.36. The van der Waals surface area contributed by atoms with Crippen molar-refractivity contribution in [1.29, 1.82) is 0 Å². The maximum Gasteiger partial charge on any atom is 0.323 e. The molecule has 0 aromatic heterocycles. The maximum atomic E-state index is 12.6. The van der Waals surface area contributed by atoms with Crippen molar-refractivity contribution in [1.82, 2.24) is 4.31 Å². The second kappa shape index (κ2) is 4.96. The molecule has 2 aromatic carbocycles. The van der Waals surface area contributed by atoms with Crippen LogP contribution in [0.25, 0.3) is 10.8 Å². The van der Waals surface area contributed by atoms with E-state index in [9.17, 15) is 13.2 Å². The number of rotatable bonds is 4. The van der Waals surface area contributed by atoms with Crippen molar-refractivity contribution in [2.45, 2.75) is 10.9 Å². The summed E-state index contributed by atoms with van der Waals surface area (Å²) in [6.07, 6.45) is 0. The standard InChI is InChI=1S/C15H16N2O4S/c1-16(2)11-6-7-12-10(8-11)4-3-5-14(12)22(20,21)17-9-13(17)15(18)19/h3-8,13H,9H2,1-2H3,(H,18,19)/t13-,17-/m1/s1. The molecule has 0 spiro atoms. The topological polar surface area (TPSA) is 77.7 Å². The first kappa shape index (κ1) is 14.8. The van der Waals surface area contributed by atoms with Gasteiger partial charge >= 0.3 is 5.97 Å². The number of sulfonamides is 1. The Labute approximate surface area is 128 Å². The van der Waals surface area contributed by atoms with Gasteiger partial charge in [-0.05, 0) is 23.6 Å². The average molecular weight is 320 g/mol. The smallest absolute Gasteiger partial charge is 0.323 e. The van der Waals surface area contributed by atoms with Gasteiger partial charge in [0.2, 0.25) is 10.0 Å². The maximum absolute atomic E-state index is 12.6. The highest BCUT2D eigenvalue weighted by Crippen LogP contribution is 2.33. The number of fused-ring (bicyclic) bond motifs is 1. The monoisotopic (exact) mass is 320 g/mol. The summed E-state index contributed by atoms with van der Waals surface area (Å²) in [5.41, 5.74) is 0.970. The normalized spacial score (nSPS) is 20.8. The summed E-state index contributed by atoms with van der Waals surface area (Å²) >= 11 is 0. The summed E-state index contributed by atoms with van der Waals surface area (Å²) in [5, 5.41) is 10.3. The molecule has 1 aliphatic heterocycles. The highest BCUT2D eigenvalue weighted by Gasteiger charge is 2.49. The van der Waals surface area contributed by atoms with Crippen LogP contribution in [0.15, 0.2) is 41.3 Å². The van der Waals surface area contributed by atoms with Crippen LogP contribution in [0.5, 0.6) is 0 Å². The highest BCUT2D eigenvalue weighted by atomic mass is 32.2. The van der Waals surface area contributed by atoms with E-state index in [4.69, 9.17) is 5.11 Å². The first-order valence-corrected chi connectivity index (χ1v) is 8.21. The second-order valence-corrected chi connectivity index (χ2v) is 7.34. The van der Waals surface area contributed by atoms with Gasteiger partial charge in [-0.1, -0.05) is 18.2 Å². The van der Waals surface area contributed by atoms with Crippen LogP contribution in [0.4, 0.5) is 5.69 Å². The first-order valence-electron chi connectivity index (χ1n) is 6.77. The second-order valence-electron chi connectivity index (χ2n) is 5.48. The zero-order valence-corrected chi connectivity index (χ0v) is 13.0. The Hall–Kier alpha value is -2.12. The lowest BCUT2D eigenvalue weighted by Gasteiger charge is -2.14. The lowest BCUT2D eigenvalue weighted by molar-refractivity contribution is -0.136. The van der Waals surface area contributed by atoms with Gasteiger partial charge in [0.25, 0.3) is 0 Å². The van der Waals surface area contributed by atoms with Crippen LogP contribution in [-0.4, -0.2) is 50.5 Å². The molecule has 0 unspecified atom stereocenters. The number of anilines is 1. The van der Waals surface area contributed by atoms with E-state index in [-0.39, 0.29) is 11.4 Å². The fourth-order valence-corrected chi connectivity index (χ4v) is 4.19. The van der Waals surface area contributed by atoms with Gasteiger partial charge < -0.3 is 10.0 Å². The minimum absolute atomic E-state index is 0.0316. The molecule has 22 heavy (non-hydrogen) atoms. The van der Waals surface area contributed by atoms with Crippen LogP contribution < -0.4 is 4.90 Å². The quantitative estimate of drug-likeness (QED) is 0.861. The average Bonchev–Trinajstić information content (AvgIpc) is 3.27. The Morgan fingerprint density at radius 1 is 1.27 bits per heavy atom. The van der Waals surface area contributed by atoms with E-state index in [1.54, 1.807) is 12.1 Å². The molecule has 1 heterocycles. The van der Waals surface area contributed by atoms with Crippen molar-refractivity contribution in [3.63, 3.8) is 0 Å². The third-order valence-corrected chi connectivity index (χ3v) is 5.71. The van der Waals surface area contributed by atoms with Gasteiger partial charge in [-0.2, -0.15) is 4.31 Å². The van der Waals surface area contributed by atoms with Crippen LogP contribution in [0.1, 0.15) is 0 Å². The molecule has 2 atom stereocenters. The van der Waals surface area contributed by atoms with Crippen molar-refractivity contribution in [2.24, 2.45) is 0 Å². The highest BCUT2D eigenvalue weighted by molar-refractivity contribution is 7.89. The number of nitrogens with zero attached hydrogens (tertiary/aromatic N) is 2. The van der Waals surface area contributed by atoms with E-state index in [2.05, 4.69) is 0 Å². The SMILES string of the molecule is CN(C)c1ccc2c(S(=O)(=O)[N@]3C[C@@H]3C(=O)O)cccc2c1. The largest absolute Gasteiger partial charge is 0.480 e. The zero-order valence-electron chi connectivity index (χ0n) is 12.2. The Balaban J connectivity index is 2.10. The molecule has 0 radical (unpaired) electrons. The third-order valence-electron chi connectivity index (χ3n) is 3.78. The van der Waals surface area contributed by atoms with Crippen LogP contribution >= 0.6 is 0 Å². The molecule has 0 bridgehead atoms. The Bertz CT molecular complexity index is 861. The molecular weight excluding hydrogens is 304 g/mol. The van der Waals surface area contributed by atoms with E-state index >= 15 is 0 Å². The molecule has 6 nitrogen and oxygen atoms in total. The molecule has 1 N–H and O–H groups in total. The van der Waals surface area contributed by atoms with Crippen LogP contribution in [0, 0.1) is 0 Å². The minimum atomic E-state index is -3.78. The molecule has 2 aromatic rings. The van der Waals surface area contributed by atoms with E-state index < -0.39 is 22.0 Å². The lowest BCUT2D eigenvalue weighted by Crippen LogP contribution is -2.19. The summed E-state index contributed by atoms with van der Waals surface area (Å²) in [5.74, 6) is -1.11. The number of carbonyl (C=O) groups is 1. The van der Waals surface area contributed by atoms with Gasteiger partial charge in [-0.15, -0.1) is 0 Å². The summed E-state index contributed by atoms with van der Waals surface area (Å²) in [6.45, 7) is 0.0316. The molecule has 7 heteroatoms. The summed E-state index contributed by atoms with van der Waals surface area (Å²) in [6, 6.07) is 9.61. The van der Waals surface area contributed by atoms with Crippen molar-refractivity contribution in [2.75, 3.05) is 25.5 Å². The van der Waals surface area contributed by atoms with Crippen LogP contribution in [0.3, 0.4) is 0 Å². The van der Waals surface area contributed by atoms with E-state index in [1.807, 2.05) is 37.2 Å². The molecule has 3 rings (SSSR count). The Kier molecular flexibility index (Phi) is 3.34. The van der Waals surface area contributed by atoms with Gasteiger partial charge in [-0.25, -0.2) is 8.42 Å². The number of carboxylic acid groups (broad SMARTS) is 1. The fourth-order valence-electron chi connectivity index (χ4n) is 2.46. The first-order chi connectivity index (χ1) is 10.3. The molecule has 0 amide bonds. The van der Waals surface area contributed by atoms with E-state index in [1.165, 1.54) is 6.07 Å². The summed E-state index contributed by atoms with van der Waals surface area (Å²) < 4.78 is 26.2. The van der Waals surface area contributed by atoms with E-state index in [0.717, 1.165) is 15.4 Å². The summed E-state index contributed by atoms with van der Waals surface area (Å²) in [7, 11) is 0.0429. The lowest BCUT2D eigenvalue weighted by atomic mass is 10.1. The predicted molar refractivity (Wildman–Crippen MR) is 83.6 cm³/mol. The third kappa shape index (κ3) is 2.32. The number of hydrogen-bond donors (Lipinski definition) is 1. The van der Waals surface area contributed by atoms with Gasteiger partial charge in [0.15, 0.2) is 0 Å². The van der Waals surface area contributed by atoms with Gasteiger partial charge in [0.05, 0.1) is 4.90 Å². The minimum Gasteiger partial charge on any atom is -0.480 e.